The number of thiol groups is 2. The highest BCUT2D eigenvalue weighted by atomic mass is 32.2. The molecule has 18 heavy (non-hydrogen) atoms. The summed E-state index contributed by atoms with van der Waals surface area (Å²) in [7, 11) is 0. The van der Waals surface area contributed by atoms with Gasteiger partial charge in [0.25, 0.3) is 10.5 Å². The van der Waals surface area contributed by atoms with Crippen molar-refractivity contribution in [2.75, 3.05) is 13.1 Å². The first-order valence-electron chi connectivity index (χ1n) is 5.88. The van der Waals surface area contributed by atoms with Crippen LogP contribution in [0.2, 0.25) is 0 Å². The van der Waals surface area contributed by atoms with E-state index < -0.39 is 21.7 Å². The number of hydrogen-bond donors (Lipinski definition) is 2. The van der Waals surface area contributed by atoms with E-state index in [1.165, 1.54) is 0 Å². The molecule has 0 rings (SSSR count). The second-order valence-corrected chi connectivity index (χ2v) is 5.82. The quantitative estimate of drug-likeness (QED) is 0.678. The van der Waals surface area contributed by atoms with Crippen LogP contribution < -0.4 is 0 Å². The minimum atomic E-state index is -1.84. The van der Waals surface area contributed by atoms with Crippen molar-refractivity contribution in [3.05, 3.63) is 0 Å². The molecule has 106 valence electrons. The highest BCUT2D eigenvalue weighted by Gasteiger charge is 2.25. The summed E-state index contributed by atoms with van der Waals surface area (Å²) >= 11 is 5.54. The maximum Gasteiger partial charge on any atom is 0.291 e. The van der Waals surface area contributed by atoms with Crippen LogP contribution in [0.15, 0.2) is 0 Å². The van der Waals surface area contributed by atoms with Crippen LogP contribution in [0.25, 0.3) is 0 Å². The summed E-state index contributed by atoms with van der Waals surface area (Å²) in [6.07, 6.45) is 3.14. The molecule has 0 saturated carbocycles. The molecule has 0 fully saturated rings. The zero-order valence-corrected chi connectivity index (χ0v) is 13.3. The second-order valence-electron chi connectivity index (χ2n) is 3.71. The molecule has 0 aliphatic carbocycles. The normalized spacial score (nSPS) is 10.5. The summed E-state index contributed by atoms with van der Waals surface area (Å²) in [5.41, 5.74) is 0. The van der Waals surface area contributed by atoms with Gasteiger partial charge in [-0.1, -0.05) is 51.9 Å². The molecular weight excluding hydrogens is 292 g/mol. The van der Waals surface area contributed by atoms with Crippen LogP contribution in [0.3, 0.4) is 0 Å². The zero-order chi connectivity index (χ0) is 14.1. The highest BCUT2D eigenvalue weighted by molar-refractivity contribution is 8.00. The van der Waals surface area contributed by atoms with Crippen molar-refractivity contribution in [3.8, 4) is 0 Å². The monoisotopic (exact) mass is 312 g/mol. The van der Waals surface area contributed by atoms with E-state index in [1.807, 2.05) is 13.8 Å². The Bertz CT molecular complexity index is 285. The third-order valence-corrected chi connectivity index (χ3v) is 4.44. The van der Waals surface area contributed by atoms with Crippen LogP contribution in [-0.4, -0.2) is 36.4 Å². The van der Waals surface area contributed by atoms with Gasteiger partial charge in [0.15, 0.2) is 0 Å². The highest BCUT2D eigenvalue weighted by Crippen LogP contribution is 2.12. The lowest BCUT2D eigenvalue weighted by atomic mass is 10.3. The van der Waals surface area contributed by atoms with Gasteiger partial charge in [-0.25, -0.2) is 12.8 Å². The van der Waals surface area contributed by atoms with Crippen molar-refractivity contribution in [2.24, 2.45) is 0 Å². The summed E-state index contributed by atoms with van der Waals surface area (Å²) in [5.74, 6) is 0. The van der Waals surface area contributed by atoms with E-state index in [1.54, 1.807) is 0 Å². The van der Waals surface area contributed by atoms with E-state index in [-0.39, 0.29) is 0 Å². The van der Waals surface area contributed by atoms with E-state index >= 15 is 0 Å². The van der Waals surface area contributed by atoms with Crippen LogP contribution in [0.1, 0.15) is 39.5 Å². The number of amides is 2. The van der Waals surface area contributed by atoms with Crippen LogP contribution in [0, 0.1) is 0 Å². The Morgan fingerprint density at radius 3 is 1.50 bits per heavy atom. The molecule has 0 aromatic heterocycles. The number of hydrogen-bond acceptors (Lipinski definition) is 3. The molecule has 0 aliphatic heterocycles. The fraction of sp³-hybridized carbons (Fsp3) is 0.800. The Morgan fingerprint density at radius 1 is 0.944 bits per heavy atom. The Labute approximate surface area is 122 Å². The number of rotatable bonds is 8. The van der Waals surface area contributed by atoms with Gasteiger partial charge >= 0.3 is 0 Å². The first kappa shape index (κ1) is 17.8. The lowest BCUT2D eigenvalue weighted by molar-refractivity contribution is 0.240. The summed E-state index contributed by atoms with van der Waals surface area (Å²) in [6, 6.07) is 0. The van der Waals surface area contributed by atoms with Gasteiger partial charge in [-0.2, -0.15) is 0 Å². The minimum Gasteiger partial charge on any atom is -0.261 e. The topological polar surface area (TPSA) is 57.7 Å². The van der Waals surface area contributed by atoms with Gasteiger partial charge in [-0.15, -0.1) is 0 Å². The van der Waals surface area contributed by atoms with Gasteiger partial charge in [-0.3, -0.25) is 9.59 Å². The predicted molar refractivity (Wildman–Crippen MR) is 80.1 cm³/mol. The number of carbonyl (C=O) groups is 2. The Kier molecular flexibility index (Phi) is 9.57. The maximum atomic E-state index is 12.2. The number of nitrogens with zero attached hydrogens (tertiary/aromatic N) is 2. The Hall–Kier alpha value is -0.210. The average Bonchev–Trinajstić information content (AvgIpc) is 2.29. The molecule has 5 nitrogen and oxygen atoms in total. The predicted octanol–water partition coefficient (Wildman–Crippen LogP) is 2.87. The smallest absolute Gasteiger partial charge is 0.261 e. The molecule has 0 unspecified atom stereocenters. The largest absolute Gasteiger partial charge is 0.291 e. The van der Waals surface area contributed by atoms with Gasteiger partial charge in [0.05, 0.1) is 0 Å². The summed E-state index contributed by atoms with van der Waals surface area (Å²) < 4.78 is 14.3. The van der Waals surface area contributed by atoms with E-state index in [9.17, 15) is 13.8 Å². The molecule has 8 heteroatoms. The van der Waals surface area contributed by atoms with Crippen molar-refractivity contribution in [1.29, 1.82) is 0 Å². The molecule has 0 saturated heterocycles. The third kappa shape index (κ3) is 6.10. The SMILES string of the molecule is CCCCN(C(=O)S)S(=O)N(CCCC)C(=O)S. The van der Waals surface area contributed by atoms with E-state index in [0.29, 0.717) is 25.9 Å². The van der Waals surface area contributed by atoms with Crippen LogP contribution in [-0.2, 0) is 11.2 Å². The van der Waals surface area contributed by atoms with E-state index in [0.717, 1.165) is 21.5 Å². The summed E-state index contributed by atoms with van der Waals surface area (Å²) in [4.78, 5) is 22.7. The molecule has 0 aromatic rings. The minimum absolute atomic E-state index is 0.315. The average molecular weight is 312 g/mol. The molecule has 0 aromatic carbocycles. The molecule has 0 atom stereocenters. The van der Waals surface area contributed by atoms with Crippen LogP contribution in [0.5, 0.6) is 0 Å². The molecular formula is C10H20N2O3S3. The molecule has 0 heterocycles. The summed E-state index contributed by atoms with van der Waals surface area (Å²) in [6.45, 7) is 4.55. The number of carbonyl (C=O) groups excluding carboxylic acids is 2. The lowest BCUT2D eigenvalue weighted by Crippen LogP contribution is -2.42. The van der Waals surface area contributed by atoms with Gasteiger partial charge < -0.3 is 0 Å². The zero-order valence-electron chi connectivity index (χ0n) is 10.7. The number of unbranched alkanes of at least 4 members (excludes halogenated alkanes) is 2. The van der Waals surface area contributed by atoms with E-state index in [4.69, 9.17) is 0 Å². The molecule has 0 N–H and O–H groups in total. The fourth-order valence-corrected chi connectivity index (χ4v) is 2.90. The first-order chi connectivity index (χ1) is 8.45. The van der Waals surface area contributed by atoms with Crippen LogP contribution in [0.4, 0.5) is 9.59 Å². The molecule has 0 radical (unpaired) electrons. The van der Waals surface area contributed by atoms with Crippen molar-refractivity contribution in [3.63, 3.8) is 0 Å². The fourth-order valence-electron chi connectivity index (χ4n) is 1.20. The van der Waals surface area contributed by atoms with Gasteiger partial charge in [0.1, 0.15) is 0 Å². The van der Waals surface area contributed by atoms with Crippen molar-refractivity contribution in [2.45, 2.75) is 39.5 Å². The standard InChI is InChI=1S/C10H20N2O3S3/c1-3-5-7-11(9(13)16)18(15)12(10(14)17)8-6-4-2/h3-8H2,1-2H3,(H,13,16)(H,14,17). The first-order valence-corrected chi connectivity index (χ1v) is 7.84. The lowest BCUT2D eigenvalue weighted by Gasteiger charge is -2.26. The Morgan fingerprint density at radius 2 is 1.28 bits per heavy atom. The van der Waals surface area contributed by atoms with Crippen molar-refractivity contribution in [1.82, 2.24) is 8.61 Å². The van der Waals surface area contributed by atoms with Gasteiger partial charge in [0.2, 0.25) is 11.2 Å². The van der Waals surface area contributed by atoms with E-state index in [2.05, 4.69) is 25.3 Å². The second kappa shape index (κ2) is 9.69. The van der Waals surface area contributed by atoms with Crippen molar-refractivity contribution < 1.29 is 13.8 Å². The Balaban J connectivity index is 4.77. The van der Waals surface area contributed by atoms with Gasteiger partial charge in [-0.05, 0) is 12.8 Å². The van der Waals surface area contributed by atoms with Gasteiger partial charge in [0, 0.05) is 13.1 Å². The molecule has 0 spiro atoms. The summed E-state index contributed by atoms with van der Waals surface area (Å²) in [5, 5.41) is -1.20. The molecule has 0 aliphatic rings. The van der Waals surface area contributed by atoms with Crippen LogP contribution >= 0.6 is 25.3 Å². The van der Waals surface area contributed by atoms with Crippen molar-refractivity contribution >= 4 is 46.9 Å². The molecule has 0 bridgehead atoms. The molecule has 2 amide bonds. The maximum absolute atomic E-state index is 12.2. The third-order valence-electron chi connectivity index (χ3n) is 2.23.